The van der Waals surface area contributed by atoms with E-state index < -0.39 is 11.7 Å². The van der Waals surface area contributed by atoms with Gasteiger partial charge in [0.15, 0.2) is 5.11 Å². The van der Waals surface area contributed by atoms with Gasteiger partial charge in [-0.05, 0) is 81.5 Å². The van der Waals surface area contributed by atoms with E-state index in [2.05, 4.69) is 21.5 Å². The average Bonchev–Trinajstić information content (AvgIpc) is 2.60. The number of anilines is 2. The number of nitrogens with one attached hydrogen (secondary N) is 4. The van der Waals surface area contributed by atoms with Crippen LogP contribution in [-0.2, 0) is 4.74 Å². The van der Waals surface area contributed by atoms with Gasteiger partial charge < -0.3 is 10.1 Å². The van der Waals surface area contributed by atoms with Crippen LogP contribution in [0.4, 0.5) is 16.2 Å². The zero-order valence-electron chi connectivity index (χ0n) is 15.6. The molecule has 0 saturated heterocycles. The van der Waals surface area contributed by atoms with Gasteiger partial charge in [0.05, 0.1) is 0 Å². The van der Waals surface area contributed by atoms with Gasteiger partial charge in [-0.2, -0.15) is 0 Å². The largest absolute Gasteiger partial charge is 0.444 e. The molecule has 0 spiro atoms. The number of carbonyl (C=O) groups is 2. The first-order valence-corrected chi connectivity index (χ1v) is 9.14. The third-order valence-electron chi connectivity index (χ3n) is 3.18. The van der Waals surface area contributed by atoms with Crippen molar-refractivity contribution in [3.63, 3.8) is 0 Å². The van der Waals surface area contributed by atoms with Gasteiger partial charge >= 0.3 is 6.09 Å². The highest BCUT2D eigenvalue weighted by Crippen LogP contribution is 2.14. The van der Waals surface area contributed by atoms with Crippen LogP contribution in [0.25, 0.3) is 0 Å². The Morgan fingerprint density at radius 2 is 1.43 bits per heavy atom. The predicted octanol–water partition coefficient (Wildman–Crippen LogP) is 4.32. The Labute approximate surface area is 173 Å². The average molecular weight is 421 g/mol. The summed E-state index contributed by atoms with van der Waals surface area (Å²) in [5, 5.41) is 6.34. The molecular formula is C19H21ClN4O3S. The maximum absolute atomic E-state index is 12.2. The van der Waals surface area contributed by atoms with Crippen molar-refractivity contribution >= 4 is 52.3 Å². The van der Waals surface area contributed by atoms with E-state index in [1.54, 1.807) is 69.3 Å². The van der Waals surface area contributed by atoms with E-state index in [0.717, 1.165) is 5.69 Å². The van der Waals surface area contributed by atoms with Gasteiger partial charge in [-0.25, -0.2) is 4.79 Å². The van der Waals surface area contributed by atoms with Crippen molar-refractivity contribution in [1.82, 2.24) is 10.9 Å². The first-order valence-electron chi connectivity index (χ1n) is 8.35. The Kier molecular flexibility index (Phi) is 7.19. The van der Waals surface area contributed by atoms with E-state index in [9.17, 15) is 9.59 Å². The number of carbonyl (C=O) groups excluding carboxylic acids is 2. The van der Waals surface area contributed by atoms with E-state index in [4.69, 9.17) is 28.6 Å². The molecule has 28 heavy (non-hydrogen) atoms. The molecule has 0 fully saturated rings. The molecule has 0 atom stereocenters. The van der Waals surface area contributed by atoms with E-state index in [1.165, 1.54) is 0 Å². The third kappa shape index (κ3) is 7.42. The molecule has 0 aromatic heterocycles. The lowest BCUT2D eigenvalue weighted by molar-refractivity contribution is 0.0635. The molecule has 9 heteroatoms. The van der Waals surface area contributed by atoms with E-state index in [1.807, 2.05) is 0 Å². The lowest BCUT2D eigenvalue weighted by Gasteiger charge is -2.19. The van der Waals surface area contributed by atoms with Crippen LogP contribution in [0.1, 0.15) is 31.1 Å². The number of benzene rings is 2. The topological polar surface area (TPSA) is 91.5 Å². The summed E-state index contributed by atoms with van der Waals surface area (Å²) in [4.78, 5) is 23.9. The molecule has 0 aliphatic rings. The van der Waals surface area contributed by atoms with Gasteiger partial charge in [-0.3, -0.25) is 21.0 Å². The van der Waals surface area contributed by atoms with Gasteiger partial charge in [0.1, 0.15) is 5.60 Å². The quantitative estimate of drug-likeness (QED) is 0.436. The SMILES string of the molecule is CC(C)(C)OC(=O)Nc1ccc(C(=O)NNC(=S)Nc2ccc(Cl)cc2)cc1. The van der Waals surface area contributed by atoms with Crippen molar-refractivity contribution < 1.29 is 14.3 Å². The van der Waals surface area contributed by atoms with Crippen LogP contribution in [0.2, 0.25) is 5.02 Å². The second kappa shape index (κ2) is 9.38. The summed E-state index contributed by atoms with van der Waals surface area (Å²) in [6, 6.07) is 13.3. The molecule has 0 aliphatic heterocycles. The van der Waals surface area contributed by atoms with Crippen molar-refractivity contribution in [2.24, 2.45) is 0 Å². The molecule has 0 aliphatic carbocycles. The fourth-order valence-corrected chi connectivity index (χ4v) is 2.30. The van der Waals surface area contributed by atoms with Crippen molar-refractivity contribution in [2.75, 3.05) is 10.6 Å². The molecule has 2 rings (SSSR count). The summed E-state index contributed by atoms with van der Waals surface area (Å²) in [6.45, 7) is 5.33. The molecule has 4 N–H and O–H groups in total. The number of hydrogen-bond donors (Lipinski definition) is 4. The first-order chi connectivity index (χ1) is 13.1. The molecule has 7 nitrogen and oxygen atoms in total. The lowest BCUT2D eigenvalue weighted by atomic mass is 10.2. The lowest BCUT2D eigenvalue weighted by Crippen LogP contribution is -2.43. The summed E-state index contributed by atoms with van der Waals surface area (Å²) in [5.41, 5.74) is 6.14. The molecule has 2 aromatic carbocycles. The van der Waals surface area contributed by atoms with Crippen LogP contribution < -0.4 is 21.5 Å². The Hall–Kier alpha value is -2.84. The number of halogens is 1. The normalized spacial score (nSPS) is 10.6. The van der Waals surface area contributed by atoms with E-state index in [-0.39, 0.29) is 11.0 Å². The number of hydrogen-bond acceptors (Lipinski definition) is 4. The van der Waals surface area contributed by atoms with Crippen molar-refractivity contribution in [2.45, 2.75) is 26.4 Å². The molecule has 2 amide bonds. The van der Waals surface area contributed by atoms with Gasteiger partial charge in [-0.15, -0.1) is 0 Å². The number of amides is 2. The number of ether oxygens (including phenoxy) is 1. The van der Waals surface area contributed by atoms with Gasteiger partial charge in [0.2, 0.25) is 0 Å². The minimum Gasteiger partial charge on any atom is -0.444 e. The summed E-state index contributed by atoms with van der Waals surface area (Å²) < 4.78 is 5.17. The highest BCUT2D eigenvalue weighted by atomic mass is 35.5. The van der Waals surface area contributed by atoms with E-state index in [0.29, 0.717) is 16.3 Å². The maximum atomic E-state index is 12.2. The second-order valence-electron chi connectivity index (χ2n) is 6.74. The minimum absolute atomic E-state index is 0.221. The van der Waals surface area contributed by atoms with Crippen LogP contribution in [0, 0.1) is 0 Å². The number of hydrazine groups is 1. The zero-order valence-corrected chi connectivity index (χ0v) is 17.2. The molecule has 0 bridgehead atoms. The number of rotatable bonds is 3. The van der Waals surface area contributed by atoms with E-state index >= 15 is 0 Å². The molecule has 148 valence electrons. The Bertz CT molecular complexity index is 849. The first kappa shape index (κ1) is 21.5. The summed E-state index contributed by atoms with van der Waals surface area (Å²) in [6.07, 6.45) is -0.565. The van der Waals surface area contributed by atoms with Crippen LogP contribution in [0.3, 0.4) is 0 Å². The van der Waals surface area contributed by atoms with Crippen LogP contribution in [-0.4, -0.2) is 22.7 Å². The Morgan fingerprint density at radius 1 is 0.893 bits per heavy atom. The minimum atomic E-state index is -0.589. The summed E-state index contributed by atoms with van der Waals surface area (Å²) >= 11 is 10.9. The number of thiocarbonyl (C=S) groups is 1. The predicted molar refractivity (Wildman–Crippen MR) is 115 cm³/mol. The Balaban J connectivity index is 1.83. The highest BCUT2D eigenvalue weighted by Gasteiger charge is 2.16. The molecule has 2 aromatic rings. The molecular weight excluding hydrogens is 400 g/mol. The van der Waals surface area contributed by atoms with Crippen molar-refractivity contribution in [1.29, 1.82) is 0 Å². The van der Waals surface area contributed by atoms with Gasteiger partial charge in [0, 0.05) is 22.0 Å². The van der Waals surface area contributed by atoms with Crippen LogP contribution in [0.15, 0.2) is 48.5 Å². The molecule has 0 unspecified atom stereocenters. The fraction of sp³-hybridized carbons (Fsp3) is 0.211. The summed E-state index contributed by atoms with van der Waals surface area (Å²) in [5.74, 6) is -0.385. The highest BCUT2D eigenvalue weighted by molar-refractivity contribution is 7.80. The smallest absolute Gasteiger partial charge is 0.412 e. The van der Waals surface area contributed by atoms with Gasteiger partial charge in [0.25, 0.3) is 5.91 Å². The molecule has 0 heterocycles. The third-order valence-corrected chi connectivity index (χ3v) is 3.64. The standard InChI is InChI=1S/C19H21ClN4O3S/c1-19(2,3)27-18(26)22-15-8-4-12(5-9-15)16(25)23-24-17(28)21-14-10-6-13(20)7-11-14/h4-11H,1-3H3,(H,22,26)(H,23,25)(H2,21,24,28). The molecule has 0 radical (unpaired) electrons. The van der Waals surface area contributed by atoms with Crippen molar-refractivity contribution in [3.8, 4) is 0 Å². The second-order valence-corrected chi connectivity index (χ2v) is 7.59. The molecule has 0 saturated carbocycles. The zero-order chi connectivity index (χ0) is 20.7. The summed E-state index contributed by atoms with van der Waals surface area (Å²) in [7, 11) is 0. The maximum Gasteiger partial charge on any atom is 0.412 e. The van der Waals surface area contributed by atoms with Crippen LogP contribution in [0.5, 0.6) is 0 Å². The van der Waals surface area contributed by atoms with Crippen LogP contribution >= 0.6 is 23.8 Å². The monoisotopic (exact) mass is 420 g/mol. The Morgan fingerprint density at radius 3 is 2.00 bits per heavy atom. The van der Waals surface area contributed by atoms with Crippen molar-refractivity contribution in [3.05, 3.63) is 59.1 Å². The fourth-order valence-electron chi connectivity index (χ4n) is 2.01. The van der Waals surface area contributed by atoms with Gasteiger partial charge in [-0.1, -0.05) is 11.6 Å².